The summed E-state index contributed by atoms with van der Waals surface area (Å²) in [5.41, 5.74) is 2.07. The molecule has 0 atom stereocenters. The molecule has 0 bridgehead atoms. The third-order valence-electron chi connectivity index (χ3n) is 4.41. The highest BCUT2D eigenvalue weighted by Gasteiger charge is 2.26. The van der Waals surface area contributed by atoms with E-state index in [1.807, 2.05) is 40.1 Å². The minimum absolute atomic E-state index is 0.131. The normalized spacial score (nSPS) is 19.1. The second-order valence-corrected chi connectivity index (χ2v) is 5.96. The van der Waals surface area contributed by atoms with E-state index in [9.17, 15) is 9.59 Å². The Morgan fingerprint density at radius 3 is 2.59 bits per heavy atom. The Balaban J connectivity index is 1.63. The van der Waals surface area contributed by atoms with Crippen molar-refractivity contribution in [1.29, 1.82) is 0 Å². The summed E-state index contributed by atoms with van der Waals surface area (Å²) in [6, 6.07) is 10.0. The zero-order valence-corrected chi connectivity index (χ0v) is 12.8. The van der Waals surface area contributed by atoms with Gasteiger partial charge in [-0.05, 0) is 24.8 Å². The molecule has 0 spiro atoms. The summed E-state index contributed by atoms with van der Waals surface area (Å²) in [7, 11) is 0. The molecule has 22 heavy (non-hydrogen) atoms. The van der Waals surface area contributed by atoms with Crippen LogP contribution in [0.2, 0.25) is 0 Å². The van der Waals surface area contributed by atoms with Crippen molar-refractivity contribution >= 4 is 11.8 Å². The Hall–Kier alpha value is -2.10. The molecule has 0 radical (unpaired) electrons. The maximum atomic E-state index is 12.5. The highest BCUT2D eigenvalue weighted by atomic mass is 16.2. The topological polar surface area (TPSA) is 40.6 Å². The van der Waals surface area contributed by atoms with Crippen LogP contribution in [0.3, 0.4) is 0 Å². The van der Waals surface area contributed by atoms with E-state index in [4.69, 9.17) is 0 Å². The molecule has 1 aliphatic carbocycles. The number of carbonyl (C=O) groups is 2. The molecule has 4 heteroatoms. The summed E-state index contributed by atoms with van der Waals surface area (Å²) in [6.07, 6.45) is 5.45. The first-order valence-corrected chi connectivity index (χ1v) is 8.04. The predicted molar refractivity (Wildman–Crippen MR) is 85.0 cm³/mol. The van der Waals surface area contributed by atoms with Crippen LogP contribution in [0.1, 0.15) is 31.2 Å². The lowest BCUT2D eigenvalue weighted by Crippen LogP contribution is -2.36. The fourth-order valence-corrected chi connectivity index (χ4v) is 3.11. The molecular weight excluding hydrogens is 276 g/mol. The van der Waals surface area contributed by atoms with E-state index >= 15 is 0 Å². The first kappa shape index (κ1) is 14.8. The summed E-state index contributed by atoms with van der Waals surface area (Å²) in [5, 5.41) is 0. The quantitative estimate of drug-likeness (QED) is 0.859. The van der Waals surface area contributed by atoms with Crippen LogP contribution in [-0.2, 0) is 16.1 Å². The fraction of sp³-hybridized carbons (Fsp3) is 0.444. The van der Waals surface area contributed by atoms with Crippen LogP contribution in [-0.4, -0.2) is 41.2 Å². The number of nitrogens with zero attached hydrogens (tertiary/aromatic N) is 2. The first-order chi connectivity index (χ1) is 10.7. The van der Waals surface area contributed by atoms with Gasteiger partial charge in [0.25, 0.3) is 0 Å². The van der Waals surface area contributed by atoms with E-state index in [-0.39, 0.29) is 11.8 Å². The lowest BCUT2D eigenvalue weighted by Gasteiger charge is -2.22. The van der Waals surface area contributed by atoms with Gasteiger partial charge in [-0.2, -0.15) is 0 Å². The maximum absolute atomic E-state index is 12.5. The van der Waals surface area contributed by atoms with Gasteiger partial charge in [0.05, 0.1) is 0 Å². The monoisotopic (exact) mass is 298 g/mol. The molecule has 2 aliphatic rings. The van der Waals surface area contributed by atoms with Crippen LogP contribution in [0.25, 0.3) is 0 Å². The van der Waals surface area contributed by atoms with Crippen molar-refractivity contribution in [2.75, 3.05) is 19.6 Å². The highest BCUT2D eigenvalue weighted by Crippen LogP contribution is 2.21. The number of carbonyl (C=O) groups excluding carboxylic acids is 2. The van der Waals surface area contributed by atoms with Crippen LogP contribution in [0.4, 0.5) is 0 Å². The molecule has 0 N–H and O–H groups in total. The molecule has 0 saturated carbocycles. The van der Waals surface area contributed by atoms with Gasteiger partial charge in [-0.25, -0.2) is 0 Å². The number of hydrogen-bond acceptors (Lipinski definition) is 2. The van der Waals surface area contributed by atoms with Crippen molar-refractivity contribution in [1.82, 2.24) is 9.80 Å². The smallest absolute Gasteiger partial charge is 0.249 e. The average Bonchev–Trinajstić information content (AvgIpc) is 3.02. The van der Waals surface area contributed by atoms with E-state index in [1.54, 1.807) is 0 Å². The largest absolute Gasteiger partial charge is 0.337 e. The van der Waals surface area contributed by atoms with Crippen LogP contribution >= 0.6 is 0 Å². The number of amides is 2. The Morgan fingerprint density at radius 1 is 1.05 bits per heavy atom. The lowest BCUT2D eigenvalue weighted by atomic mass is 10.2. The van der Waals surface area contributed by atoms with Gasteiger partial charge in [-0.3, -0.25) is 9.59 Å². The molecule has 1 aromatic carbocycles. The maximum Gasteiger partial charge on any atom is 0.249 e. The molecule has 1 aliphatic heterocycles. The minimum Gasteiger partial charge on any atom is -0.337 e. The van der Waals surface area contributed by atoms with Crippen LogP contribution in [0.15, 0.2) is 42.0 Å². The van der Waals surface area contributed by atoms with Gasteiger partial charge in [0.1, 0.15) is 0 Å². The first-order valence-electron chi connectivity index (χ1n) is 8.04. The van der Waals surface area contributed by atoms with E-state index < -0.39 is 0 Å². The molecule has 2 amide bonds. The van der Waals surface area contributed by atoms with Gasteiger partial charge < -0.3 is 9.80 Å². The van der Waals surface area contributed by atoms with Gasteiger partial charge in [-0.15, -0.1) is 0 Å². The summed E-state index contributed by atoms with van der Waals surface area (Å²) >= 11 is 0. The van der Waals surface area contributed by atoms with Gasteiger partial charge in [0.2, 0.25) is 11.8 Å². The molecule has 1 aromatic rings. The highest BCUT2D eigenvalue weighted by molar-refractivity contribution is 5.94. The number of allylic oxidation sites excluding steroid dienone is 1. The second kappa shape index (κ2) is 6.77. The third kappa shape index (κ3) is 3.38. The van der Waals surface area contributed by atoms with Crippen molar-refractivity contribution in [3.05, 3.63) is 47.5 Å². The zero-order valence-electron chi connectivity index (χ0n) is 12.8. The lowest BCUT2D eigenvalue weighted by molar-refractivity contribution is -0.130. The number of rotatable bonds is 3. The molecular formula is C18H22N2O2. The van der Waals surface area contributed by atoms with E-state index in [0.717, 1.165) is 30.4 Å². The molecule has 1 fully saturated rings. The number of benzene rings is 1. The molecule has 0 aromatic heterocycles. The van der Waals surface area contributed by atoms with Crippen molar-refractivity contribution < 1.29 is 9.59 Å². The molecule has 1 heterocycles. The summed E-state index contributed by atoms with van der Waals surface area (Å²) in [6.45, 7) is 2.42. The van der Waals surface area contributed by atoms with Gasteiger partial charge in [-0.1, -0.05) is 36.4 Å². The Labute approximate surface area is 131 Å². The van der Waals surface area contributed by atoms with Crippen molar-refractivity contribution in [3.8, 4) is 0 Å². The molecule has 116 valence electrons. The standard InChI is InChI=1S/C18H22N2O2/c21-17-10-11-19(18(22)16-8-4-5-9-16)12-13-20(17)14-15-6-2-1-3-7-15/h1-3,6-8H,4-5,9-14H2. The Bertz CT molecular complexity index is 580. The molecule has 0 unspecified atom stereocenters. The zero-order chi connectivity index (χ0) is 15.4. The molecule has 4 nitrogen and oxygen atoms in total. The van der Waals surface area contributed by atoms with Gasteiger partial charge >= 0.3 is 0 Å². The molecule has 1 saturated heterocycles. The van der Waals surface area contributed by atoms with Gasteiger partial charge in [0.15, 0.2) is 0 Å². The van der Waals surface area contributed by atoms with E-state index in [1.165, 1.54) is 0 Å². The van der Waals surface area contributed by atoms with Crippen molar-refractivity contribution in [2.45, 2.75) is 32.2 Å². The van der Waals surface area contributed by atoms with Crippen LogP contribution < -0.4 is 0 Å². The molecule has 3 rings (SSSR count). The van der Waals surface area contributed by atoms with Crippen LogP contribution in [0, 0.1) is 0 Å². The number of hydrogen-bond donors (Lipinski definition) is 0. The van der Waals surface area contributed by atoms with Crippen LogP contribution in [0.5, 0.6) is 0 Å². The van der Waals surface area contributed by atoms with E-state index in [2.05, 4.69) is 6.08 Å². The summed E-state index contributed by atoms with van der Waals surface area (Å²) < 4.78 is 0. The third-order valence-corrected chi connectivity index (χ3v) is 4.41. The van der Waals surface area contributed by atoms with Crippen molar-refractivity contribution in [3.63, 3.8) is 0 Å². The predicted octanol–water partition coefficient (Wildman–Crippen LogP) is 2.36. The summed E-state index contributed by atoms with van der Waals surface area (Å²) in [5.74, 6) is 0.270. The van der Waals surface area contributed by atoms with Gasteiger partial charge in [0, 0.05) is 38.2 Å². The minimum atomic E-state index is 0.131. The SMILES string of the molecule is O=C1CCN(C(=O)C2=CCCC2)CCN1Cc1ccccc1. The summed E-state index contributed by atoms with van der Waals surface area (Å²) in [4.78, 5) is 28.4. The Kier molecular flexibility index (Phi) is 4.56. The van der Waals surface area contributed by atoms with E-state index in [0.29, 0.717) is 32.6 Å². The fourth-order valence-electron chi connectivity index (χ4n) is 3.11. The second-order valence-electron chi connectivity index (χ2n) is 5.96. The average molecular weight is 298 g/mol. The van der Waals surface area contributed by atoms with Crippen molar-refractivity contribution in [2.24, 2.45) is 0 Å². The Morgan fingerprint density at radius 2 is 1.86 bits per heavy atom.